The monoisotopic (exact) mass is 264 g/mol. The molecular formula is C12H14ClNaO3. The number of rotatable bonds is 5. The van der Waals surface area contributed by atoms with Crippen LogP contribution in [-0.2, 0) is 11.2 Å². The summed E-state index contributed by atoms with van der Waals surface area (Å²) in [6.45, 7) is 3.48. The van der Waals surface area contributed by atoms with E-state index in [1.807, 2.05) is 6.92 Å². The van der Waals surface area contributed by atoms with Gasteiger partial charge >= 0.3 is 29.6 Å². The van der Waals surface area contributed by atoms with Crippen molar-refractivity contribution < 1.29 is 44.2 Å². The molecule has 0 fully saturated rings. The molecule has 1 atom stereocenters. The Labute approximate surface area is 128 Å². The molecule has 0 aromatic heterocycles. The molecule has 0 unspecified atom stereocenters. The van der Waals surface area contributed by atoms with Gasteiger partial charge < -0.3 is 14.6 Å². The number of aryl methyl sites for hydroxylation is 1. The third kappa shape index (κ3) is 5.30. The summed E-state index contributed by atoms with van der Waals surface area (Å²) in [5.41, 5.74) is 0.920. The van der Waals surface area contributed by atoms with Gasteiger partial charge in [0.1, 0.15) is 11.9 Å². The molecule has 0 aliphatic rings. The van der Waals surface area contributed by atoms with E-state index >= 15 is 0 Å². The summed E-state index contributed by atoms with van der Waals surface area (Å²) < 4.78 is 5.29. The first-order valence-corrected chi connectivity index (χ1v) is 5.58. The average Bonchev–Trinajstić information content (AvgIpc) is 2.22. The maximum Gasteiger partial charge on any atom is 1.00 e. The van der Waals surface area contributed by atoms with Gasteiger partial charge in [0.05, 0.1) is 5.97 Å². The second kappa shape index (κ2) is 7.98. The quantitative estimate of drug-likeness (QED) is 0.629. The molecule has 0 saturated carbocycles. The van der Waals surface area contributed by atoms with Crippen LogP contribution in [0.25, 0.3) is 0 Å². The normalized spacial score (nSPS) is 11.5. The summed E-state index contributed by atoms with van der Waals surface area (Å²) in [5.74, 6) is -0.666. The van der Waals surface area contributed by atoms with Crippen LogP contribution in [0.1, 0.15) is 25.8 Å². The number of carboxylic acid groups (broad SMARTS) is 1. The van der Waals surface area contributed by atoms with Crippen LogP contribution >= 0.6 is 11.6 Å². The Kier molecular flexibility index (Phi) is 7.88. The van der Waals surface area contributed by atoms with Crippen molar-refractivity contribution >= 4 is 17.6 Å². The number of halogens is 1. The first kappa shape index (κ1) is 16.8. The zero-order valence-corrected chi connectivity index (χ0v) is 13.1. The number of hydrogen-bond acceptors (Lipinski definition) is 3. The maximum absolute atomic E-state index is 10.6. The van der Waals surface area contributed by atoms with Crippen molar-refractivity contribution in [2.45, 2.75) is 32.8 Å². The van der Waals surface area contributed by atoms with Gasteiger partial charge in [-0.25, -0.2) is 0 Å². The maximum atomic E-state index is 10.6. The van der Waals surface area contributed by atoms with E-state index in [4.69, 9.17) is 16.3 Å². The Morgan fingerprint density at radius 1 is 1.53 bits per heavy atom. The third-order valence-electron chi connectivity index (χ3n) is 2.18. The minimum atomic E-state index is -1.22. The first-order valence-electron chi connectivity index (χ1n) is 5.20. The van der Waals surface area contributed by atoms with Gasteiger partial charge in [0, 0.05) is 5.02 Å². The molecule has 5 heteroatoms. The topological polar surface area (TPSA) is 49.4 Å². The van der Waals surface area contributed by atoms with Gasteiger partial charge in [0.15, 0.2) is 0 Å². The number of carboxylic acids is 1. The van der Waals surface area contributed by atoms with Gasteiger partial charge in [-0.1, -0.05) is 24.9 Å². The number of carbonyl (C=O) groups is 1. The molecule has 17 heavy (non-hydrogen) atoms. The fourth-order valence-electron chi connectivity index (χ4n) is 1.37. The molecule has 0 radical (unpaired) electrons. The second-order valence-electron chi connectivity index (χ2n) is 3.58. The second-order valence-corrected chi connectivity index (χ2v) is 4.02. The van der Waals surface area contributed by atoms with Crippen molar-refractivity contribution in [2.75, 3.05) is 0 Å². The van der Waals surface area contributed by atoms with Crippen LogP contribution in [0.4, 0.5) is 0 Å². The molecule has 0 saturated heterocycles. The van der Waals surface area contributed by atoms with Gasteiger partial charge in [-0.3, -0.25) is 0 Å². The average molecular weight is 265 g/mol. The van der Waals surface area contributed by atoms with Gasteiger partial charge in [0.25, 0.3) is 0 Å². The molecule has 1 rings (SSSR count). The molecule has 0 N–H and O–H groups in total. The van der Waals surface area contributed by atoms with Crippen molar-refractivity contribution in [1.29, 1.82) is 0 Å². The van der Waals surface area contributed by atoms with Crippen LogP contribution in [0.2, 0.25) is 5.02 Å². The predicted molar refractivity (Wildman–Crippen MR) is 60.5 cm³/mol. The van der Waals surface area contributed by atoms with Crippen molar-refractivity contribution in [1.82, 2.24) is 0 Å². The van der Waals surface area contributed by atoms with Crippen molar-refractivity contribution in [3.8, 4) is 5.75 Å². The van der Waals surface area contributed by atoms with E-state index in [1.54, 1.807) is 18.2 Å². The van der Waals surface area contributed by atoms with E-state index in [0.29, 0.717) is 10.8 Å². The molecule has 1 aromatic carbocycles. The molecule has 0 amide bonds. The summed E-state index contributed by atoms with van der Waals surface area (Å²) in [7, 11) is 0. The van der Waals surface area contributed by atoms with Crippen LogP contribution in [0, 0.1) is 0 Å². The van der Waals surface area contributed by atoms with Crippen LogP contribution in [0.3, 0.4) is 0 Å². The zero-order chi connectivity index (χ0) is 12.1. The fourth-order valence-corrected chi connectivity index (χ4v) is 1.56. The molecule has 0 bridgehead atoms. The van der Waals surface area contributed by atoms with Crippen molar-refractivity contribution in [3.05, 3.63) is 28.8 Å². The van der Waals surface area contributed by atoms with E-state index in [2.05, 4.69) is 0 Å². The van der Waals surface area contributed by atoms with E-state index in [-0.39, 0.29) is 29.6 Å². The SMILES string of the molecule is CCCc1cc(Cl)ccc1O[C@@H](C)C(=O)[O-].[Na+]. The van der Waals surface area contributed by atoms with Crippen LogP contribution < -0.4 is 39.4 Å². The largest absolute Gasteiger partial charge is 1.00 e. The van der Waals surface area contributed by atoms with Gasteiger partial charge in [0.2, 0.25) is 0 Å². The number of aliphatic carboxylic acids is 1. The van der Waals surface area contributed by atoms with Crippen LogP contribution in [0.15, 0.2) is 18.2 Å². The third-order valence-corrected chi connectivity index (χ3v) is 2.41. The van der Waals surface area contributed by atoms with E-state index in [0.717, 1.165) is 18.4 Å². The smallest absolute Gasteiger partial charge is 0.546 e. The molecule has 0 aliphatic carbocycles. The summed E-state index contributed by atoms with van der Waals surface area (Å²) in [6.07, 6.45) is 0.781. The molecule has 3 nitrogen and oxygen atoms in total. The Morgan fingerprint density at radius 3 is 2.71 bits per heavy atom. The van der Waals surface area contributed by atoms with Gasteiger partial charge in [-0.05, 0) is 37.1 Å². The van der Waals surface area contributed by atoms with Gasteiger partial charge in [-0.15, -0.1) is 0 Å². The Morgan fingerprint density at radius 2 is 2.18 bits per heavy atom. The van der Waals surface area contributed by atoms with Gasteiger partial charge in [-0.2, -0.15) is 0 Å². The molecule has 0 aliphatic heterocycles. The molecule has 0 spiro atoms. The Balaban J connectivity index is 0.00000256. The number of hydrogen-bond donors (Lipinski definition) is 0. The summed E-state index contributed by atoms with van der Waals surface area (Å²) >= 11 is 5.87. The molecular weight excluding hydrogens is 251 g/mol. The van der Waals surface area contributed by atoms with Crippen molar-refractivity contribution in [2.24, 2.45) is 0 Å². The summed E-state index contributed by atoms with van der Waals surface area (Å²) in [5, 5.41) is 11.2. The van der Waals surface area contributed by atoms with E-state index < -0.39 is 12.1 Å². The molecule has 0 heterocycles. The zero-order valence-electron chi connectivity index (χ0n) is 10.3. The minimum absolute atomic E-state index is 0. The standard InChI is InChI=1S/C12H15ClO3.Na/c1-3-4-9-7-10(13)5-6-11(9)16-8(2)12(14)15;/h5-8H,3-4H2,1-2H3,(H,14,15);/q;+1/p-1/t8-;/m0./s1. The van der Waals surface area contributed by atoms with E-state index in [9.17, 15) is 9.90 Å². The molecule has 88 valence electrons. The number of ether oxygens (including phenoxy) is 1. The Hall–Kier alpha value is -0.220. The van der Waals surface area contributed by atoms with Crippen LogP contribution in [0.5, 0.6) is 5.75 Å². The summed E-state index contributed by atoms with van der Waals surface area (Å²) in [4.78, 5) is 10.6. The van der Waals surface area contributed by atoms with E-state index in [1.165, 1.54) is 6.92 Å². The Bertz CT molecular complexity index is 382. The predicted octanol–water partition coefficient (Wildman–Crippen LogP) is -1.19. The number of benzene rings is 1. The number of carbonyl (C=O) groups excluding carboxylic acids is 1. The first-order chi connectivity index (χ1) is 7.54. The minimum Gasteiger partial charge on any atom is -0.546 e. The fraction of sp³-hybridized carbons (Fsp3) is 0.417. The summed E-state index contributed by atoms with van der Waals surface area (Å²) in [6, 6.07) is 5.16. The molecule has 1 aromatic rings. The van der Waals surface area contributed by atoms with Crippen LogP contribution in [-0.4, -0.2) is 12.1 Å². The van der Waals surface area contributed by atoms with Crippen molar-refractivity contribution in [3.63, 3.8) is 0 Å².